The molecule has 4 nitrogen and oxygen atoms in total. The molecule has 0 saturated heterocycles. The number of nitrogen functional groups attached to an aromatic ring is 1. The van der Waals surface area contributed by atoms with Gasteiger partial charge in [0.1, 0.15) is 0 Å². The summed E-state index contributed by atoms with van der Waals surface area (Å²) in [5, 5.41) is 9.77. The number of nitrogens with two attached hydrogens (primary N) is 1. The van der Waals surface area contributed by atoms with Gasteiger partial charge in [-0.3, -0.25) is 4.57 Å². The smallest absolute Gasteiger partial charge is 0.206 e. The van der Waals surface area contributed by atoms with Crippen LogP contribution in [0.4, 0.5) is 10.3 Å². The number of phenols is 1. The Kier molecular flexibility index (Phi) is 2.19. The van der Waals surface area contributed by atoms with Gasteiger partial charge in [-0.25, -0.2) is 9.37 Å². The number of benzene rings is 2. The number of hydrogen-bond donors (Lipinski definition) is 2. The molecular formula is C13H10FN3O. The van der Waals surface area contributed by atoms with Gasteiger partial charge in [-0.05, 0) is 24.3 Å². The van der Waals surface area contributed by atoms with Crippen LogP contribution in [0.3, 0.4) is 0 Å². The first-order valence-electron chi connectivity index (χ1n) is 5.39. The van der Waals surface area contributed by atoms with Gasteiger partial charge < -0.3 is 10.8 Å². The highest BCUT2D eigenvalue weighted by atomic mass is 19.1. The molecule has 90 valence electrons. The number of halogens is 1. The first-order valence-corrected chi connectivity index (χ1v) is 5.39. The fourth-order valence-corrected chi connectivity index (χ4v) is 1.98. The summed E-state index contributed by atoms with van der Waals surface area (Å²) in [5.74, 6) is -0.922. The largest absolute Gasteiger partial charge is 0.503 e. The van der Waals surface area contributed by atoms with Crippen molar-refractivity contribution >= 4 is 17.0 Å². The highest BCUT2D eigenvalue weighted by Crippen LogP contribution is 2.30. The number of nitrogens with zero attached hydrogens (tertiary/aromatic N) is 2. The molecule has 0 aliphatic carbocycles. The second kappa shape index (κ2) is 3.73. The van der Waals surface area contributed by atoms with Crippen LogP contribution < -0.4 is 5.73 Å². The van der Waals surface area contributed by atoms with Gasteiger partial charge in [0, 0.05) is 0 Å². The first-order chi connectivity index (χ1) is 8.68. The van der Waals surface area contributed by atoms with E-state index in [0.717, 1.165) is 5.52 Å². The second-order valence-corrected chi connectivity index (χ2v) is 3.90. The number of rotatable bonds is 1. The van der Waals surface area contributed by atoms with Crippen molar-refractivity contribution in [2.24, 2.45) is 0 Å². The fourth-order valence-electron chi connectivity index (χ4n) is 1.98. The minimum Gasteiger partial charge on any atom is -0.503 e. The fraction of sp³-hybridized carbons (Fsp3) is 0. The normalized spacial score (nSPS) is 10.9. The van der Waals surface area contributed by atoms with E-state index in [1.54, 1.807) is 12.1 Å². The van der Waals surface area contributed by atoms with Crippen LogP contribution in [-0.2, 0) is 0 Å². The van der Waals surface area contributed by atoms with E-state index >= 15 is 0 Å². The minimum atomic E-state index is -0.690. The lowest BCUT2D eigenvalue weighted by Crippen LogP contribution is -2.01. The molecule has 1 heterocycles. The zero-order chi connectivity index (χ0) is 12.7. The van der Waals surface area contributed by atoms with E-state index in [0.29, 0.717) is 5.52 Å². The first kappa shape index (κ1) is 10.6. The van der Waals surface area contributed by atoms with Crippen molar-refractivity contribution < 1.29 is 9.50 Å². The Labute approximate surface area is 102 Å². The van der Waals surface area contributed by atoms with Crippen LogP contribution in [0.1, 0.15) is 0 Å². The average molecular weight is 243 g/mol. The van der Waals surface area contributed by atoms with Crippen molar-refractivity contribution in [1.29, 1.82) is 0 Å². The second-order valence-electron chi connectivity index (χ2n) is 3.90. The molecule has 0 bridgehead atoms. The van der Waals surface area contributed by atoms with E-state index < -0.39 is 11.6 Å². The summed E-state index contributed by atoms with van der Waals surface area (Å²) in [7, 11) is 0. The number of aromatic nitrogens is 2. The van der Waals surface area contributed by atoms with Crippen LogP contribution in [0.15, 0.2) is 42.5 Å². The molecule has 18 heavy (non-hydrogen) atoms. The third kappa shape index (κ3) is 1.41. The Morgan fingerprint density at radius 2 is 1.89 bits per heavy atom. The van der Waals surface area contributed by atoms with Crippen LogP contribution in [0, 0.1) is 5.82 Å². The van der Waals surface area contributed by atoms with Gasteiger partial charge >= 0.3 is 0 Å². The van der Waals surface area contributed by atoms with Crippen molar-refractivity contribution in [1.82, 2.24) is 9.55 Å². The Bertz CT molecular complexity index is 736. The van der Waals surface area contributed by atoms with Gasteiger partial charge in [-0.1, -0.05) is 18.2 Å². The molecule has 3 aromatic rings. The molecule has 0 spiro atoms. The van der Waals surface area contributed by atoms with E-state index in [1.807, 2.05) is 18.2 Å². The zero-order valence-electron chi connectivity index (χ0n) is 9.34. The Hall–Kier alpha value is -2.56. The van der Waals surface area contributed by atoms with Crippen LogP contribution in [0.5, 0.6) is 5.75 Å². The van der Waals surface area contributed by atoms with E-state index in [9.17, 15) is 9.50 Å². The Morgan fingerprint density at radius 1 is 1.11 bits per heavy atom. The van der Waals surface area contributed by atoms with Crippen molar-refractivity contribution in [3.8, 4) is 11.4 Å². The van der Waals surface area contributed by atoms with Crippen LogP contribution in [0.2, 0.25) is 0 Å². The highest BCUT2D eigenvalue weighted by molar-refractivity contribution is 5.81. The van der Waals surface area contributed by atoms with E-state index in [-0.39, 0.29) is 11.6 Å². The number of fused-ring (bicyclic) bond motifs is 1. The van der Waals surface area contributed by atoms with Crippen molar-refractivity contribution in [3.63, 3.8) is 0 Å². The quantitative estimate of drug-likeness (QED) is 0.690. The van der Waals surface area contributed by atoms with Crippen LogP contribution in [0.25, 0.3) is 16.7 Å². The molecule has 0 atom stereocenters. The minimum absolute atomic E-state index is 0.206. The molecule has 0 aliphatic rings. The van der Waals surface area contributed by atoms with E-state index in [1.165, 1.54) is 16.7 Å². The summed E-state index contributed by atoms with van der Waals surface area (Å²) in [4.78, 5) is 4.17. The molecule has 3 rings (SSSR count). The molecule has 2 aromatic carbocycles. The molecule has 3 N–H and O–H groups in total. The monoisotopic (exact) mass is 243 g/mol. The summed E-state index contributed by atoms with van der Waals surface area (Å²) >= 11 is 0. The lowest BCUT2D eigenvalue weighted by atomic mass is 10.2. The summed E-state index contributed by atoms with van der Waals surface area (Å²) in [6.45, 7) is 0. The number of para-hydroxylation sites is 3. The standard InChI is InChI=1S/C13H10FN3O/c14-8-4-3-7-11(12(8)18)17-10-6-2-1-5-9(10)16-13(17)15/h1-7,18H,(H2,15,16). The molecule has 1 aromatic heterocycles. The molecule has 0 amide bonds. The number of aromatic hydroxyl groups is 1. The zero-order valence-corrected chi connectivity index (χ0v) is 9.34. The Balaban J connectivity index is 2.38. The lowest BCUT2D eigenvalue weighted by molar-refractivity contribution is 0.430. The number of phenolic OH excluding ortho intramolecular Hbond substituents is 1. The predicted molar refractivity (Wildman–Crippen MR) is 67.1 cm³/mol. The summed E-state index contributed by atoms with van der Waals surface area (Å²) < 4.78 is 14.9. The van der Waals surface area contributed by atoms with Crippen LogP contribution in [-0.4, -0.2) is 14.7 Å². The summed E-state index contributed by atoms with van der Waals surface area (Å²) in [6.07, 6.45) is 0. The maximum Gasteiger partial charge on any atom is 0.206 e. The lowest BCUT2D eigenvalue weighted by Gasteiger charge is -2.08. The van der Waals surface area contributed by atoms with Crippen molar-refractivity contribution in [2.75, 3.05) is 5.73 Å². The Morgan fingerprint density at radius 3 is 2.72 bits per heavy atom. The predicted octanol–water partition coefficient (Wildman–Crippen LogP) is 2.45. The molecule has 0 unspecified atom stereocenters. The number of hydrogen-bond acceptors (Lipinski definition) is 3. The third-order valence-corrected chi connectivity index (χ3v) is 2.79. The van der Waals surface area contributed by atoms with E-state index in [4.69, 9.17) is 5.73 Å². The van der Waals surface area contributed by atoms with Gasteiger partial charge in [-0.15, -0.1) is 0 Å². The maximum atomic E-state index is 13.4. The SMILES string of the molecule is Nc1nc2ccccc2n1-c1cccc(F)c1O. The maximum absolute atomic E-state index is 13.4. The van der Waals surface area contributed by atoms with Gasteiger partial charge in [0.2, 0.25) is 5.95 Å². The molecule has 0 aliphatic heterocycles. The average Bonchev–Trinajstić information content (AvgIpc) is 2.69. The topological polar surface area (TPSA) is 64.1 Å². The third-order valence-electron chi connectivity index (χ3n) is 2.79. The van der Waals surface area contributed by atoms with Gasteiger partial charge in [0.15, 0.2) is 11.6 Å². The molecule has 0 saturated carbocycles. The molecule has 0 radical (unpaired) electrons. The van der Waals surface area contributed by atoms with Gasteiger partial charge in [-0.2, -0.15) is 0 Å². The summed E-state index contributed by atoms with van der Waals surface area (Å²) in [6, 6.07) is 11.6. The van der Waals surface area contributed by atoms with Gasteiger partial charge in [0.05, 0.1) is 16.7 Å². The number of imidazole rings is 1. The van der Waals surface area contributed by atoms with Crippen molar-refractivity contribution in [3.05, 3.63) is 48.3 Å². The summed E-state index contributed by atoms with van der Waals surface area (Å²) in [5.41, 5.74) is 7.51. The highest BCUT2D eigenvalue weighted by Gasteiger charge is 2.14. The van der Waals surface area contributed by atoms with E-state index in [2.05, 4.69) is 4.98 Å². The van der Waals surface area contributed by atoms with Gasteiger partial charge in [0.25, 0.3) is 0 Å². The number of anilines is 1. The molecule has 5 heteroatoms. The molecular weight excluding hydrogens is 233 g/mol. The van der Waals surface area contributed by atoms with Crippen molar-refractivity contribution in [2.45, 2.75) is 0 Å². The molecule has 0 fully saturated rings. The van der Waals surface area contributed by atoms with Crippen LogP contribution >= 0.6 is 0 Å².